The molecular weight excluding hydrogens is 298 g/mol. The molecule has 1 aliphatic rings. The highest BCUT2D eigenvalue weighted by Crippen LogP contribution is 2.21. The summed E-state index contributed by atoms with van der Waals surface area (Å²) in [6, 6.07) is 5.04. The Bertz CT molecular complexity index is 792. The van der Waals surface area contributed by atoms with Crippen LogP contribution in [0.15, 0.2) is 23.0 Å². The molecule has 7 heteroatoms. The highest BCUT2D eigenvalue weighted by molar-refractivity contribution is 5.97. The summed E-state index contributed by atoms with van der Waals surface area (Å²) in [6.45, 7) is 3.12. The molecule has 0 saturated carbocycles. The molecule has 1 aromatic carbocycles. The van der Waals surface area contributed by atoms with Gasteiger partial charge in [-0.2, -0.15) is 0 Å². The Balaban J connectivity index is 1.77. The maximum Gasteiger partial charge on any atom is 0.323 e. The van der Waals surface area contributed by atoms with Crippen molar-refractivity contribution < 1.29 is 14.3 Å². The van der Waals surface area contributed by atoms with Crippen LogP contribution in [0, 0.1) is 5.92 Å². The predicted octanol–water partition coefficient (Wildman–Crippen LogP) is 1.27. The number of hydrogen-bond acceptors (Lipinski definition) is 4. The van der Waals surface area contributed by atoms with Gasteiger partial charge in [0.05, 0.1) is 23.6 Å². The third kappa shape index (κ3) is 3.13. The molecule has 0 spiro atoms. The molecule has 1 fully saturated rings. The Morgan fingerprint density at radius 3 is 2.87 bits per heavy atom. The molecule has 2 heterocycles. The second kappa shape index (κ2) is 6.28. The van der Waals surface area contributed by atoms with Crippen LogP contribution in [-0.2, 0) is 9.53 Å². The van der Waals surface area contributed by atoms with Gasteiger partial charge in [0.2, 0.25) is 0 Å². The summed E-state index contributed by atoms with van der Waals surface area (Å²) in [5.41, 5.74) is 1.46. The lowest BCUT2D eigenvalue weighted by Gasteiger charge is -2.31. The lowest BCUT2D eigenvalue weighted by Crippen LogP contribution is -2.42. The van der Waals surface area contributed by atoms with Gasteiger partial charge in [0, 0.05) is 18.7 Å². The summed E-state index contributed by atoms with van der Waals surface area (Å²) in [4.78, 5) is 42.8. The zero-order valence-corrected chi connectivity index (χ0v) is 12.9. The number of likely N-dealkylation sites (tertiary alicyclic amines) is 1. The van der Waals surface area contributed by atoms with Crippen LogP contribution in [0.2, 0.25) is 0 Å². The summed E-state index contributed by atoms with van der Waals surface area (Å²) in [5.74, 6) is -0.637. The summed E-state index contributed by atoms with van der Waals surface area (Å²) in [6.07, 6.45) is 1.52. The minimum Gasteiger partial charge on any atom is -0.466 e. The first kappa shape index (κ1) is 15.3. The number of aromatic nitrogens is 2. The van der Waals surface area contributed by atoms with E-state index in [4.69, 9.17) is 4.74 Å². The molecule has 1 atom stereocenters. The topological polar surface area (TPSA) is 95.3 Å². The molecule has 2 N–H and O–H groups in total. The number of esters is 1. The Kier molecular flexibility index (Phi) is 4.18. The number of H-pyrrole nitrogens is 2. The van der Waals surface area contributed by atoms with E-state index in [9.17, 15) is 14.4 Å². The molecule has 1 amide bonds. The van der Waals surface area contributed by atoms with Gasteiger partial charge < -0.3 is 19.6 Å². The van der Waals surface area contributed by atoms with Crippen molar-refractivity contribution in [3.63, 3.8) is 0 Å². The molecule has 1 unspecified atom stereocenters. The van der Waals surface area contributed by atoms with E-state index in [2.05, 4.69) is 9.97 Å². The van der Waals surface area contributed by atoms with Gasteiger partial charge in [-0.25, -0.2) is 4.79 Å². The quantitative estimate of drug-likeness (QED) is 0.833. The van der Waals surface area contributed by atoms with E-state index in [1.807, 2.05) is 0 Å². The van der Waals surface area contributed by atoms with Crippen molar-refractivity contribution in [2.45, 2.75) is 19.8 Å². The predicted molar refractivity (Wildman–Crippen MR) is 84.2 cm³/mol. The fourth-order valence-electron chi connectivity index (χ4n) is 2.96. The van der Waals surface area contributed by atoms with Gasteiger partial charge in [0.25, 0.3) is 5.91 Å². The van der Waals surface area contributed by atoms with Crippen molar-refractivity contribution in [1.82, 2.24) is 14.9 Å². The number of benzene rings is 1. The Morgan fingerprint density at radius 2 is 2.09 bits per heavy atom. The lowest BCUT2D eigenvalue weighted by molar-refractivity contribution is -0.149. The molecule has 23 heavy (non-hydrogen) atoms. The molecule has 122 valence electrons. The number of fused-ring (bicyclic) bond motifs is 1. The van der Waals surface area contributed by atoms with Crippen LogP contribution in [0.25, 0.3) is 11.0 Å². The number of aromatic amines is 2. The molecule has 7 nitrogen and oxygen atoms in total. The zero-order chi connectivity index (χ0) is 16.4. The molecular formula is C16H19N3O4. The molecule has 1 aromatic heterocycles. The number of rotatable bonds is 3. The van der Waals surface area contributed by atoms with Gasteiger partial charge in [-0.05, 0) is 38.0 Å². The zero-order valence-electron chi connectivity index (χ0n) is 12.9. The number of carbonyl (C=O) groups excluding carboxylic acids is 2. The highest BCUT2D eigenvalue weighted by atomic mass is 16.5. The maximum absolute atomic E-state index is 12.6. The number of piperidine rings is 1. The molecule has 0 bridgehead atoms. The smallest absolute Gasteiger partial charge is 0.323 e. The van der Waals surface area contributed by atoms with E-state index in [0.29, 0.717) is 36.3 Å². The van der Waals surface area contributed by atoms with Crippen molar-refractivity contribution in [3.05, 3.63) is 34.2 Å². The number of ether oxygens (including phenoxy) is 1. The Morgan fingerprint density at radius 1 is 1.30 bits per heavy atom. The van der Waals surface area contributed by atoms with Crippen LogP contribution < -0.4 is 5.69 Å². The molecule has 0 radical (unpaired) electrons. The van der Waals surface area contributed by atoms with Crippen molar-refractivity contribution in [2.24, 2.45) is 5.92 Å². The van der Waals surface area contributed by atoms with E-state index >= 15 is 0 Å². The molecule has 2 aromatic rings. The normalized spacial score (nSPS) is 18.1. The number of imidazole rings is 1. The van der Waals surface area contributed by atoms with Crippen molar-refractivity contribution in [3.8, 4) is 0 Å². The summed E-state index contributed by atoms with van der Waals surface area (Å²) < 4.78 is 5.05. The van der Waals surface area contributed by atoms with Gasteiger partial charge in [-0.3, -0.25) is 9.59 Å². The van der Waals surface area contributed by atoms with Gasteiger partial charge in [0.1, 0.15) is 0 Å². The van der Waals surface area contributed by atoms with Gasteiger partial charge in [0.15, 0.2) is 0 Å². The highest BCUT2D eigenvalue weighted by Gasteiger charge is 2.29. The van der Waals surface area contributed by atoms with E-state index in [1.54, 1.807) is 30.0 Å². The molecule has 1 aliphatic heterocycles. The summed E-state index contributed by atoms with van der Waals surface area (Å²) >= 11 is 0. The van der Waals surface area contributed by atoms with Crippen molar-refractivity contribution in [1.29, 1.82) is 0 Å². The molecule has 3 rings (SSSR count). The van der Waals surface area contributed by atoms with E-state index in [-0.39, 0.29) is 23.5 Å². The van der Waals surface area contributed by atoms with Crippen molar-refractivity contribution in [2.75, 3.05) is 19.7 Å². The van der Waals surface area contributed by atoms with Gasteiger partial charge >= 0.3 is 11.7 Å². The first-order valence-corrected chi connectivity index (χ1v) is 7.76. The van der Waals surface area contributed by atoms with E-state index in [1.165, 1.54) is 0 Å². The Hall–Kier alpha value is -2.57. The third-order valence-corrected chi connectivity index (χ3v) is 4.09. The first-order valence-electron chi connectivity index (χ1n) is 7.76. The fourth-order valence-corrected chi connectivity index (χ4v) is 2.96. The summed E-state index contributed by atoms with van der Waals surface area (Å²) in [5, 5.41) is 0. The van der Waals surface area contributed by atoms with Crippen molar-refractivity contribution >= 4 is 22.9 Å². The van der Waals surface area contributed by atoms with Gasteiger partial charge in [-0.1, -0.05) is 0 Å². The standard InChI is InChI=1S/C16H19N3O4/c1-2-23-15(21)11-4-3-7-19(9-11)14(20)10-5-6-12-13(8-10)18-16(22)17-12/h5-6,8,11H,2-4,7,9H2,1H3,(H2,17,18,22). The van der Waals surface area contributed by atoms with Crippen LogP contribution >= 0.6 is 0 Å². The number of hydrogen-bond donors (Lipinski definition) is 2. The first-order chi connectivity index (χ1) is 11.1. The number of carbonyl (C=O) groups is 2. The van der Waals surface area contributed by atoms with Crippen LogP contribution in [0.5, 0.6) is 0 Å². The number of amides is 1. The number of nitrogens with zero attached hydrogens (tertiary/aromatic N) is 1. The van der Waals surface area contributed by atoms with Crippen LogP contribution in [0.1, 0.15) is 30.1 Å². The monoisotopic (exact) mass is 317 g/mol. The average Bonchev–Trinajstić information content (AvgIpc) is 2.93. The fraction of sp³-hybridized carbons (Fsp3) is 0.438. The molecule has 0 aliphatic carbocycles. The van der Waals surface area contributed by atoms with Crippen LogP contribution in [0.4, 0.5) is 0 Å². The van der Waals surface area contributed by atoms with E-state index < -0.39 is 0 Å². The van der Waals surface area contributed by atoms with Crippen LogP contribution in [0.3, 0.4) is 0 Å². The van der Waals surface area contributed by atoms with Gasteiger partial charge in [-0.15, -0.1) is 0 Å². The third-order valence-electron chi connectivity index (χ3n) is 4.09. The van der Waals surface area contributed by atoms with E-state index in [0.717, 1.165) is 12.8 Å². The summed E-state index contributed by atoms with van der Waals surface area (Å²) in [7, 11) is 0. The maximum atomic E-state index is 12.6. The molecule has 1 saturated heterocycles. The van der Waals surface area contributed by atoms with Crippen LogP contribution in [-0.4, -0.2) is 46.4 Å². The lowest BCUT2D eigenvalue weighted by atomic mass is 9.97. The second-order valence-electron chi connectivity index (χ2n) is 5.68. The SMILES string of the molecule is CCOC(=O)C1CCCN(C(=O)c2ccc3[nH]c(=O)[nH]c3c2)C1. The Labute approximate surface area is 132 Å². The largest absolute Gasteiger partial charge is 0.466 e. The number of nitrogens with one attached hydrogen (secondary N) is 2. The average molecular weight is 317 g/mol. The minimum absolute atomic E-state index is 0.136. The minimum atomic E-state index is -0.301. The second-order valence-corrected chi connectivity index (χ2v) is 5.68.